The molecule has 0 aliphatic rings. The van der Waals surface area contributed by atoms with Crippen LogP contribution in [0.4, 0.5) is 10.1 Å². The van der Waals surface area contributed by atoms with E-state index in [1.54, 1.807) is 37.3 Å². The highest BCUT2D eigenvalue weighted by Gasteiger charge is 2.09. The standard InChI is InChI=1S/C17H18FNO2/c1-3-21-17(20)14-5-4-6-16(11-14)19-12(2)13-7-9-15(18)10-8-13/h4-12,19H,3H2,1-2H3. The number of halogens is 1. The minimum Gasteiger partial charge on any atom is -0.462 e. The maximum absolute atomic E-state index is 12.9. The fourth-order valence-corrected chi connectivity index (χ4v) is 2.04. The van der Waals surface area contributed by atoms with Crippen LogP contribution in [0.25, 0.3) is 0 Å². The molecule has 0 spiro atoms. The van der Waals surface area contributed by atoms with Crippen LogP contribution in [0.3, 0.4) is 0 Å². The summed E-state index contributed by atoms with van der Waals surface area (Å²) in [5.74, 6) is -0.592. The lowest BCUT2D eigenvalue weighted by atomic mass is 10.1. The summed E-state index contributed by atoms with van der Waals surface area (Å²) in [4.78, 5) is 11.7. The van der Waals surface area contributed by atoms with Crippen molar-refractivity contribution in [2.75, 3.05) is 11.9 Å². The predicted molar refractivity (Wildman–Crippen MR) is 80.8 cm³/mol. The molecule has 1 N–H and O–H groups in total. The van der Waals surface area contributed by atoms with E-state index in [1.807, 2.05) is 13.0 Å². The van der Waals surface area contributed by atoms with Gasteiger partial charge in [-0.1, -0.05) is 18.2 Å². The fourth-order valence-electron chi connectivity index (χ4n) is 2.04. The molecule has 2 aromatic rings. The Kier molecular flexibility index (Phi) is 4.93. The molecule has 0 fully saturated rings. The van der Waals surface area contributed by atoms with E-state index >= 15 is 0 Å². The van der Waals surface area contributed by atoms with E-state index in [0.717, 1.165) is 11.3 Å². The smallest absolute Gasteiger partial charge is 0.338 e. The SMILES string of the molecule is CCOC(=O)c1cccc(NC(C)c2ccc(F)cc2)c1. The summed E-state index contributed by atoms with van der Waals surface area (Å²) in [5, 5.41) is 3.28. The van der Waals surface area contributed by atoms with Gasteiger partial charge in [0.05, 0.1) is 12.2 Å². The van der Waals surface area contributed by atoms with E-state index in [4.69, 9.17) is 4.74 Å². The second kappa shape index (κ2) is 6.88. The van der Waals surface area contributed by atoms with Gasteiger partial charge in [-0.2, -0.15) is 0 Å². The van der Waals surface area contributed by atoms with Crippen LogP contribution in [-0.2, 0) is 4.74 Å². The topological polar surface area (TPSA) is 38.3 Å². The number of anilines is 1. The van der Waals surface area contributed by atoms with Crippen molar-refractivity contribution in [2.45, 2.75) is 19.9 Å². The quantitative estimate of drug-likeness (QED) is 0.839. The molecular weight excluding hydrogens is 269 g/mol. The first-order valence-corrected chi connectivity index (χ1v) is 6.89. The van der Waals surface area contributed by atoms with Crippen LogP contribution in [0.15, 0.2) is 48.5 Å². The average Bonchev–Trinajstić information content (AvgIpc) is 2.48. The van der Waals surface area contributed by atoms with Gasteiger partial charge in [-0.25, -0.2) is 9.18 Å². The molecule has 4 heteroatoms. The Bertz CT molecular complexity index is 610. The molecule has 21 heavy (non-hydrogen) atoms. The molecule has 0 amide bonds. The van der Waals surface area contributed by atoms with E-state index in [1.165, 1.54) is 12.1 Å². The Morgan fingerprint density at radius 1 is 1.24 bits per heavy atom. The summed E-state index contributed by atoms with van der Waals surface area (Å²) in [7, 11) is 0. The molecule has 2 aromatic carbocycles. The Labute approximate surface area is 123 Å². The van der Waals surface area contributed by atoms with Gasteiger partial charge in [0.25, 0.3) is 0 Å². The van der Waals surface area contributed by atoms with Crippen LogP contribution in [0.5, 0.6) is 0 Å². The minimum atomic E-state index is -0.337. The molecule has 0 saturated carbocycles. The van der Waals surface area contributed by atoms with Crippen LogP contribution in [-0.4, -0.2) is 12.6 Å². The highest BCUT2D eigenvalue weighted by Crippen LogP contribution is 2.20. The molecule has 0 aliphatic carbocycles. The number of carbonyl (C=O) groups excluding carboxylic acids is 1. The van der Waals surface area contributed by atoms with Gasteiger partial charge in [-0.15, -0.1) is 0 Å². The number of nitrogens with one attached hydrogen (secondary N) is 1. The van der Waals surface area contributed by atoms with Crippen molar-refractivity contribution in [1.82, 2.24) is 0 Å². The van der Waals surface area contributed by atoms with Crippen molar-refractivity contribution in [3.63, 3.8) is 0 Å². The molecule has 0 bridgehead atoms. The summed E-state index contributed by atoms with van der Waals surface area (Å²) >= 11 is 0. The lowest BCUT2D eigenvalue weighted by Gasteiger charge is -2.16. The second-order valence-corrected chi connectivity index (χ2v) is 4.72. The Hall–Kier alpha value is -2.36. The van der Waals surface area contributed by atoms with Crippen molar-refractivity contribution < 1.29 is 13.9 Å². The molecule has 1 atom stereocenters. The fraction of sp³-hybridized carbons (Fsp3) is 0.235. The Morgan fingerprint density at radius 3 is 2.62 bits per heavy atom. The molecule has 0 aliphatic heterocycles. The average molecular weight is 287 g/mol. The van der Waals surface area contributed by atoms with Gasteiger partial charge < -0.3 is 10.1 Å². The molecule has 0 aromatic heterocycles. The van der Waals surface area contributed by atoms with E-state index < -0.39 is 0 Å². The third-order valence-electron chi connectivity index (χ3n) is 3.13. The molecular formula is C17H18FNO2. The normalized spacial score (nSPS) is 11.8. The van der Waals surface area contributed by atoms with E-state index in [9.17, 15) is 9.18 Å². The lowest BCUT2D eigenvalue weighted by molar-refractivity contribution is 0.0526. The Morgan fingerprint density at radius 2 is 1.95 bits per heavy atom. The van der Waals surface area contributed by atoms with Crippen molar-refractivity contribution in [2.24, 2.45) is 0 Å². The number of ether oxygens (including phenoxy) is 1. The molecule has 110 valence electrons. The number of esters is 1. The summed E-state index contributed by atoms with van der Waals surface area (Å²) in [6.45, 7) is 4.10. The summed E-state index contributed by atoms with van der Waals surface area (Å²) in [6.07, 6.45) is 0. The van der Waals surface area contributed by atoms with E-state index in [2.05, 4.69) is 5.32 Å². The summed E-state index contributed by atoms with van der Waals surface area (Å²) in [5.41, 5.74) is 2.29. The van der Waals surface area contributed by atoms with Crippen LogP contribution in [0.1, 0.15) is 35.8 Å². The highest BCUT2D eigenvalue weighted by molar-refractivity contribution is 5.90. The van der Waals surface area contributed by atoms with Crippen molar-refractivity contribution >= 4 is 11.7 Å². The van der Waals surface area contributed by atoms with Gasteiger partial charge >= 0.3 is 5.97 Å². The maximum Gasteiger partial charge on any atom is 0.338 e. The van der Waals surface area contributed by atoms with Gasteiger partial charge in [0.15, 0.2) is 0 Å². The van der Waals surface area contributed by atoms with Gasteiger partial charge in [-0.05, 0) is 49.7 Å². The summed E-state index contributed by atoms with van der Waals surface area (Å²) in [6, 6.07) is 13.5. The number of carbonyl (C=O) groups is 1. The second-order valence-electron chi connectivity index (χ2n) is 4.72. The Balaban J connectivity index is 2.10. The lowest BCUT2D eigenvalue weighted by Crippen LogP contribution is -2.09. The number of hydrogen-bond acceptors (Lipinski definition) is 3. The number of benzene rings is 2. The van der Waals surface area contributed by atoms with Gasteiger partial charge in [0.2, 0.25) is 0 Å². The molecule has 1 unspecified atom stereocenters. The molecule has 0 heterocycles. The molecule has 2 rings (SSSR count). The third kappa shape index (κ3) is 4.05. The van der Waals surface area contributed by atoms with Crippen molar-refractivity contribution in [3.8, 4) is 0 Å². The zero-order chi connectivity index (χ0) is 15.2. The zero-order valence-corrected chi connectivity index (χ0v) is 12.1. The van der Waals surface area contributed by atoms with Gasteiger partial charge in [-0.3, -0.25) is 0 Å². The first kappa shape index (κ1) is 15.0. The maximum atomic E-state index is 12.9. The van der Waals surface area contributed by atoms with Crippen LogP contribution < -0.4 is 5.32 Å². The van der Waals surface area contributed by atoms with Gasteiger partial charge in [0.1, 0.15) is 5.82 Å². The third-order valence-corrected chi connectivity index (χ3v) is 3.13. The van der Waals surface area contributed by atoms with Crippen molar-refractivity contribution in [1.29, 1.82) is 0 Å². The number of rotatable bonds is 5. The highest BCUT2D eigenvalue weighted by atomic mass is 19.1. The number of hydrogen-bond donors (Lipinski definition) is 1. The van der Waals surface area contributed by atoms with Crippen LogP contribution in [0.2, 0.25) is 0 Å². The van der Waals surface area contributed by atoms with Crippen LogP contribution >= 0.6 is 0 Å². The first-order chi connectivity index (χ1) is 10.1. The zero-order valence-electron chi connectivity index (χ0n) is 12.1. The van der Waals surface area contributed by atoms with Gasteiger partial charge in [0, 0.05) is 11.7 Å². The molecule has 0 saturated heterocycles. The molecule has 3 nitrogen and oxygen atoms in total. The summed E-state index contributed by atoms with van der Waals surface area (Å²) < 4.78 is 17.9. The van der Waals surface area contributed by atoms with Crippen molar-refractivity contribution in [3.05, 3.63) is 65.5 Å². The van der Waals surface area contributed by atoms with E-state index in [0.29, 0.717) is 12.2 Å². The minimum absolute atomic E-state index is 0.00282. The van der Waals surface area contributed by atoms with E-state index in [-0.39, 0.29) is 17.8 Å². The first-order valence-electron chi connectivity index (χ1n) is 6.89. The monoisotopic (exact) mass is 287 g/mol. The largest absolute Gasteiger partial charge is 0.462 e. The molecule has 0 radical (unpaired) electrons. The van der Waals surface area contributed by atoms with Crippen LogP contribution in [0, 0.1) is 5.82 Å². The predicted octanol–water partition coefficient (Wildman–Crippen LogP) is 4.18.